The molecule has 15 heavy (non-hydrogen) atoms. The molecule has 1 N–H and O–H groups in total. The molecule has 0 fully saturated rings. The van der Waals surface area contributed by atoms with E-state index in [4.69, 9.17) is 11.6 Å². The molecule has 1 aromatic rings. The Balaban J connectivity index is 3.14. The largest absolute Gasteiger partial charge is 0.573 e. The van der Waals surface area contributed by atoms with Gasteiger partial charge in [0.2, 0.25) is 0 Å². The molecule has 0 aliphatic heterocycles. The van der Waals surface area contributed by atoms with Gasteiger partial charge in [-0.3, -0.25) is 4.79 Å². The fourth-order valence-corrected chi connectivity index (χ4v) is 1.26. The van der Waals surface area contributed by atoms with Crippen LogP contribution in [-0.4, -0.2) is 11.3 Å². The normalized spacial score (nSPS) is 11.5. The molecule has 1 heterocycles. The van der Waals surface area contributed by atoms with Gasteiger partial charge in [0, 0.05) is 11.6 Å². The lowest BCUT2D eigenvalue weighted by molar-refractivity contribution is -0.275. The number of H-pyrrole nitrogens is 1. The molecule has 0 aliphatic carbocycles. The first-order chi connectivity index (χ1) is 6.83. The number of halogens is 4. The Bertz CT molecular complexity index is 413. The quantitative estimate of drug-likeness (QED) is 0.808. The molecule has 0 aromatic carbocycles. The van der Waals surface area contributed by atoms with E-state index in [0.717, 1.165) is 6.07 Å². The minimum absolute atomic E-state index is 0.00314. The molecule has 1 rings (SSSR count). The third-order valence-corrected chi connectivity index (χ3v) is 1.97. The van der Waals surface area contributed by atoms with Crippen molar-refractivity contribution in [2.45, 2.75) is 19.2 Å². The fraction of sp³-hybridized carbons (Fsp3) is 0.375. The van der Waals surface area contributed by atoms with E-state index in [-0.39, 0.29) is 5.88 Å². The summed E-state index contributed by atoms with van der Waals surface area (Å²) in [6, 6.07) is 0.981. The predicted molar refractivity (Wildman–Crippen MR) is 48.0 cm³/mol. The van der Waals surface area contributed by atoms with E-state index >= 15 is 0 Å². The molecule has 7 heteroatoms. The molecule has 3 nitrogen and oxygen atoms in total. The summed E-state index contributed by atoms with van der Waals surface area (Å²) in [5.41, 5.74) is -0.126. The van der Waals surface area contributed by atoms with E-state index in [9.17, 15) is 18.0 Å². The van der Waals surface area contributed by atoms with Crippen LogP contribution in [0.3, 0.4) is 0 Å². The van der Waals surface area contributed by atoms with Crippen molar-refractivity contribution in [1.29, 1.82) is 0 Å². The number of rotatable bonds is 2. The summed E-state index contributed by atoms with van der Waals surface area (Å²) >= 11 is 5.47. The SMILES string of the molecule is Cc1[nH]c(=O)c(OC(F)(F)F)cc1CCl. The molecule has 0 amide bonds. The van der Waals surface area contributed by atoms with Crippen LogP contribution >= 0.6 is 11.6 Å². The van der Waals surface area contributed by atoms with E-state index in [1.54, 1.807) is 0 Å². The predicted octanol–water partition coefficient (Wildman–Crippen LogP) is 2.32. The molecule has 0 saturated heterocycles. The minimum atomic E-state index is -4.88. The van der Waals surface area contributed by atoms with Crippen LogP contribution in [0.15, 0.2) is 10.9 Å². The van der Waals surface area contributed by atoms with Crippen LogP contribution in [0.5, 0.6) is 5.75 Å². The standard InChI is InChI=1S/C8H7ClF3NO2/c1-4-5(3-9)2-6(7(14)13-4)15-8(10,11)12/h2H,3H2,1H3,(H,13,14). The highest BCUT2D eigenvalue weighted by Crippen LogP contribution is 2.21. The van der Waals surface area contributed by atoms with Gasteiger partial charge in [-0.1, -0.05) is 0 Å². The van der Waals surface area contributed by atoms with Crippen molar-refractivity contribution in [2.24, 2.45) is 0 Å². The summed E-state index contributed by atoms with van der Waals surface area (Å²) in [5.74, 6) is -0.805. The lowest BCUT2D eigenvalue weighted by Gasteiger charge is -2.09. The highest BCUT2D eigenvalue weighted by atomic mass is 35.5. The molecule has 1 aromatic heterocycles. The second kappa shape index (κ2) is 4.14. The van der Waals surface area contributed by atoms with Crippen LogP contribution < -0.4 is 10.3 Å². The zero-order valence-electron chi connectivity index (χ0n) is 7.61. The number of nitrogens with one attached hydrogen (secondary N) is 1. The lowest BCUT2D eigenvalue weighted by Crippen LogP contribution is -2.23. The lowest BCUT2D eigenvalue weighted by atomic mass is 10.2. The number of aryl methyl sites for hydroxylation is 1. The van der Waals surface area contributed by atoms with Crippen LogP contribution in [0, 0.1) is 6.92 Å². The van der Waals surface area contributed by atoms with Gasteiger partial charge in [-0.2, -0.15) is 0 Å². The highest BCUT2D eigenvalue weighted by Gasteiger charge is 2.32. The van der Waals surface area contributed by atoms with Gasteiger partial charge in [0.25, 0.3) is 5.56 Å². The van der Waals surface area contributed by atoms with Gasteiger partial charge in [0.1, 0.15) is 0 Å². The topological polar surface area (TPSA) is 42.1 Å². The van der Waals surface area contributed by atoms with E-state index in [1.165, 1.54) is 6.92 Å². The number of aromatic amines is 1. The molecule has 0 aliphatic rings. The van der Waals surface area contributed by atoms with Crippen LogP contribution in [0.25, 0.3) is 0 Å². The van der Waals surface area contributed by atoms with Crippen molar-refractivity contribution in [3.8, 4) is 5.75 Å². The first-order valence-corrected chi connectivity index (χ1v) is 4.41. The number of pyridine rings is 1. The third-order valence-electron chi connectivity index (χ3n) is 1.68. The third kappa shape index (κ3) is 3.16. The Kier molecular flexibility index (Phi) is 3.28. The van der Waals surface area contributed by atoms with Crippen molar-refractivity contribution in [1.82, 2.24) is 4.98 Å². The molecular weight excluding hydrogens is 235 g/mol. The van der Waals surface area contributed by atoms with Crippen LogP contribution in [0.4, 0.5) is 13.2 Å². The van der Waals surface area contributed by atoms with Crippen molar-refractivity contribution >= 4 is 11.6 Å². The minimum Gasteiger partial charge on any atom is -0.400 e. The summed E-state index contributed by atoms with van der Waals surface area (Å²) in [4.78, 5) is 13.3. The van der Waals surface area contributed by atoms with Crippen LogP contribution in [0.1, 0.15) is 11.3 Å². The monoisotopic (exact) mass is 241 g/mol. The molecule has 0 unspecified atom stereocenters. The van der Waals surface area contributed by atoms with Crippen molar-refractivity contribution < 1.29 is 17.9 Å². The molecule has 0 saturated carbocycles. The van der Waals surface area contributed by atoms with Crippen molar-refractivity contribution in [3.05, 3.63) is 27.7 Å². The molecule has 0 radical (unpaired) electrons. The Hall–Kier alpha value is -1.17. The highest BCUT2D eigenvalue weighted by molar-refractivity contribution is 6.17. The van der Waals surface area contributed by atoms with Gasteiger partial charge < -0.3 is 9.72 Å². The first-order valence-electron chi connectivity index (χ1n) is 3.88. The zero-order chi connectivity index (χ0) is 11.6. The number of aromatic nitrogens is 1. The van der Waals surface area contributed by atoms with Gasteiger partial charge in [-0.15, -0.1) is 24.8 Å². The smallest absolute Gasteiger partial charge is 0.400 e. The summed E-state index contributed by atoms with van der Waals surface area (Å²) in [6.45, 7) is 1.54. The second-order valence-electron chi connectivity index (χ2n) is 2.79. The molecule has 84 valence electrons. The Morgan fingerprint density at radius 1 is 1.53 bits per heavy atom. The summed E-state index contributed by atoms with van der Waals surface area (Å²) in [7, 11) is 0. The molecular formula is C8H7ClF3NO2. The summed E-state index contributed by atoms with van der Waals surface area (Å²) < 4.78 is 39.1. The van der Waals surface area contributed by atoms with E-state index < -0.39 is 17.7 Å². The van der Waals surface area contributed by atoms with Gasteiger partial charge >= 0.3 is 6.36 Å². The number of ether oxygens (including phenoxy) is 1. The molecule has 0 spiro atoms. The second-order valence-corrected chi connectivity index (χ2v) is 3.06. The average molecular weight is 242 g/mol. The molecule has 0 bridgehead atoms. The Morgan fingerprint density at radius 2 is 2.13 bits per heavy atom. The maximum atomic E-state index is 11.8. The van der Waals surface area contributed by atoms with Gasteiger partial charge in [-0.25, -0.2) is 0 Å². The Morgan fingerprint density at radius 3 is 2.60 bits per heavy atom. The average Bonchev–Trinajstić information content (AvgIpc) is 2.07. The zero-order valence-corrected chi connectivity index (χ0v) is 8.37. The van der Waals surface area contributed by atoms with Crippen LogP contribution in [-0.2, 0) is 5.88 Å². The maximum absolute atomic E-state index is 11.8. The molecule has 0 atom stereocenters. The fourth-order valence-electron chi connectivity index (χ4n) is 0.984. The first kappa shape index (κ1) is 11.9. The number of hydrogen-bond donors (Lipinski definition) is 1. The van der Waals surface area contributed by atoms with Crippen LogP contribution in [0.2, 0.25) is 0 Å². The van der Waals surface area contributed by atoms with E-state index in [0.29, 0.717) is 11.3 Å². The van der Waals surface area contributed by atoms with E-state index in [2.05, 4.69) is 9.72 Å². The van der Waals surface area contributed by atoms with Crippen molar-refractivity contribution in [3.63, 3.8) is 0 Å². The van der Waals surface area contributed by atoms with Gasteiger partial charge in [-0.05, 0) is 18.6 Å². The number of alkyl halides is 4. The summed E-state index contributed by atoms with van der Waals surface area (Å²) in [6.07, 6.45) is -4.88. The van der Waals surface area contributed by atoms with Gasteiger partial charge in [0.05, 0.1) is 0 Å². The van der Waals surface area contributed by atoms with Gasteiger partial charge in [0.15, 0.2) is 5.75 Å². The van der Waals surface area contributed by atoms with E-state index in [1.807, 2.05) is 0 Å². The Labute approximate surface area is 87.8 Å². The maximum Gasteiger partial charge on any atom is 0.573 e. The van der Waals surface area contributed by atoms with Crippen molar-refractivity contribution in [2.75, 3.05) is 0 Å². The number of hydrogen-bond acceptors (Lipinski definition) is 2. The summed E-state index contributed by atoms with van der Waals surface area (Å²) in [5, 5.41) is 0.